The summed E-state index contributed by atoms with van der Waals surface area (Å²) in [5, 5.41) is 17.5. The Bertz CT molecular complexity index is 522. The third-order valence-electron chi connectivity index (χ3n) is 2.73. The standard InChI is InChI=1S/C12H15N3O2/c1-3-9(13)12-15-14-11(17-12)8-5-4-6-10(16)7(8)2/h4-6,9,16H,3,13H2,1-2H3. The molecular weight excluding hydrogens is 218 g/mol. The van der Waals surface area contributed by atoms with E-state index in [2.05, 4.69) is 10.2 Å². The highest BCUT2D eigenvalue weighted by molar-refractivity contribution is 5.61. The number of aromatic hydroxyl groups is 1. The van der Waals surface area contributed by atoms with Gasteiger partial charge < -0.3 is 15.3 Å². The van der Waals surface area contributed by atoms with Crippen molar-refractivity contribution >= 4 is 0 Å². The quantitative estimate of drug-likeness (QED) is 0.848. The molecule has 1 aromatic heterocycles. The summed E-state index contributed by atoms with van der Waals surface area (Å²) < 4.78 is 5.50. The second kappa shape index (κ2) is 4.55. The van der Waals surface area contributed by atoms with Gasteiger partial charge in [-0.1, -0.05) is 13.0 Å². The molecule has 2 aromatic rings. The third kappa shape index (κ3) is 2.14. The highest BCUT2D eigenvalue weighted by Crippen LogP contribution is 2.28. The summed E-state index contributed by atoms with van der Waals surface area (Å²) in [5.74, 6) is 1.02. The molecule has 0 radical (unpaired) electrons. The van der Waals surface area contributed by atoms with Crippen molar-refractivity contribution in [1.29, 1.82) is 0 Å². The zero-order chi connectivity index (χ0) is 12.4. The highest BCUT2D eigenvalue weighted by atomic mass is 16.4. The maximum absolute atomic E-state index is 9.61. The monoisotopic (exact) mass is 233 g/mol. The van der Waals surface area contributed by atoms with Crippen LogP contribution in [-0.4, -0.2) is 15.3 Å². The van der Waals surface area contributed by atoms with E-state index in [0.717, 1.165) is 12.0 Å². The zero-order valence-corrected chi connectivity index (χ0v) is 9.84. The molecule has 1 aromatic carbocycles. The van der Waals surface area contributed by atoms with Gasteiger partial charge in [0.15, 0.2) is 0 Å². The summed E-state index contributed by atoms with van der Waals surface area (Å²) in [4.78, 5) is 0. The fraction of sp³-hybridized carbons (Fsp3) is 0.333. The average Bonchev–Trinajstić information content (AvgIpc) is 2.81. The van der Waals surface area contributed by atoms with Crippen LogP contribution in [-0.2, 0) is 0 Å². The first-order chi connectivity index (χ1) is 8.13. The topological polar surface area (TPSA) is 85.2 Å². The molecule has 5 nitrogen and oxygen atoms in total. The molecule has 2 rings (SSSR count). The fourth-order valence-electron chi connectivity index (χ4n) is 1.52. The second-order valence-corrected chi connectivity index (χ2v) is 3.91. The Morgan fingerprint density at radius 2 is 2.18 bits per heavy atom. The van der Waals surface area contributed by atoms with Gasteiger partial charge in [0.25, 0.3) is 0 Å². The molecule has 0 amide bonds. The van der Waals surface area contributed by atoms with Gasteiger partial charge in [-0.15, -0.1) is 10.2 Å². The molecule has 17 heavy (non-hydrogen) atoms. The Morgan fingerprint density at radius 3 is 2.88 bits per heavy atom. The lowest BCUT2D eigenvalue weighted by atomic mass is 10.1. The van der Waals surface area contributed by atoms with Crippen molar-refractivity contribution in [3.63, 3.8) is 0 Å². The van der Waals surface area contributed by atoms with Gasteiger partial charge in [-0.05, 0) is 25.5 Å². The summed E-state index contributed by atoms with van der Waals surface area (Å²) in [6.45, 7) is 3.75. The lowest BCUT2D eigenvalue weighted by Crippen LogP contribution is -2.08. The van der Waals surface area contributed by atoms with E-state index in [-0.39, 0.29) is 11.8 Å². The van der Waals surface area contributed by atoms with E-state index < -0.39 is 0 Å². The number of hydrogen-bond acceptors (Lipinski definition) is 5. The fourth-order valence-corrected chi connectivity index (χ4v) is 1.52. The molecule has 0 saturated carbocycles. The molecule has 0 bridgehead atoms. The molecule has 1 unspecified atom stereocenters. The highest BCUT2D eigenvalue weighted by Gasteiger charge is 2.15. The SMILES string of the molecule is CCC(N)c1nnc(-c2cccc(O)c2C)o1. The predicted octanol–water partition coefficient (Wildman–Crippen LogP) is 2.16. The first-order valence-corrected chi connectivity index (χ1v) is 5.51. The van der Waals surface area contributed by atoms with E-state index in [0.29, 0.717) is 17.3 Å². The van der Waals surface area contributed by atoms with Crippen molar-refractivity contribution in [3.05, 3.63) is 29.7 Å². The largest absolute Gasteiger partial charge is 0.508 e. The molecule has 90 valence electrons. The number of nitrogens with two attached hydrogens (primary N) is 1. The lowest BCUT2D eigenvalue weighted by molar-refractivity contribution is 0.450. The van der Waals surface area contributed by atoms with Crippen molar-refractivity contribution in [2.45, 2.75) is 26.3 Å². The molecule has 5 heteroatoms. The molecule has 1 atom stereocenters. The zero-order valence-electron chi connectivity index (χ0n) is 9.84. The molecule has 0 fully saturated rings. The number of phenolic OH excluding ortho intramolecular Hbond substituents is 1. The van der Waals surface area contributed by atoms with Gasteiger partial charge in [0, 0.05) is 11.1 Å². The molecule has 0 spiro atoms. The molecule has 0 aliphatic rings. The summed E-state index contributed by atoms with van der Waals surface area (Å²) >= 11 is 0. The Balaban J connectivity index is 2.40. The van der Waals surface area contributed by atoms with Crippen molar-refractivity contribution in [2.24, 2.45) is 5.73 Å². The van der Waals surface area contributed by atoms with E-state index >= 15 is 0 Å². The predicted molar refractivity (Wildman–Crippen MR) is 63.4 cm³/mol. The molecule has 0 aliphatic carbocycles. The molecule has 0 aliphatic heterocycles. The van der Waals surface area contributed by atoms with Crippen LogP contribution in [0.4, 0.5) is 0 Å². The summed E-state index contributed by atoms with van der Waals surface area (Å²) in [6.07, 6.45) is 0.737. The second-order valence-electron chi connectivity index (χ2n) is 3.91. The molecule has 1 heterocycles. The Labute approximate surface area is 99.3 Å². The first-order valence-electron chi connectivity index (χ1n) is 5.51. The van der Waals surface area contributed by atoms with Crippen molar-refractivity contribution < 1.29 is 9.52 Å². The van der Waals surface area contributed by atoms with Crippen molar-refractivity contribution in [3.8, 4) is 17.2 Å². The van der Waals surface area contributed by atoms with Crippen LogP contribution < -0.4 is 5.73 Å². The van der Waals surface area contributed by atoms with E-state index in [1.54, 1.807) is 19.1 Å². The van der Waals surface area contributed by atoms with E-state index in [4.69, 9.17) is 10.2 Å². The van der Waals surface area contributed by atoms with Crippen LogP contribution in [0.3, 0.4) is 0 Å². The van der Waals surface area contributed by atoms with Gasteiger partial charge in [0.2, 0.25) is 11.8 Å². The number of nitrogens with zero attached hydrogens (tertiary/aromatic N) is 2. The lowest BCUT2D eigenvalue weighted by Gasteiger charge is -2.03. The first kappa shape index (κ1) is 11.6. The third-order valence-corrected chi connectivity index (χ3v) is 2.73. The Morgan fingerprint density at radius 1 is 1.41 bits per heavy atom. The van der Waals surface area contributed by atoms with Crippen molar-refractivity contribution in [2.75, 3.05) is 0 Å². The van der Waals surface area contributed by atoms with Crippen LogP contribution in [0.15, 0.2) is 22.6 Å². The number of hydrogen-bond donors (Lipinski definition) is 2. The Hall–Kier alpha value is -1.88. The molecular formula is C12H15N3O2. The van der Waals surface area contributed by atoms with E-state index in [1.807, 2.05) is 13.0 Å². The smallest absolute Gasteiger partial charge is 0.248 e. The van der Waals surface area contributed by atoms with Gasteiger partial charge >= 0.3 is 0 Å². The minimum Gasteiger partial charge on any atom is -0.508 e. The van der Waals surface area contributed by atoms with Gasteiger partial charge in [-0.25, -0.2) is 0 Å². The van der Waals surface area contributed by atoms with E-state index in [9.17, 15) is 5.11 Å². The summed E-state index contributed by atoms with van der Waals surface area (Å²) in [5.41, 5.74) is 7.25. The van der Waals surface area contributed by atoms with Gasteiger partial charge in [0.1, 0.15) is 5.75 Å². The number of rotatable bonds is 3. The molecule has 3 N–H and O–H groups in total. The number of benzene rings is 1. The van der Waals surface area contributed by atoms with Crippen LogP contribution in [0.5, 0.6) is 5.75 Å². The van der Waals surface area contributed by atoms with Crippen LogP contribution >= 0.6 is 0 Å². The van der Waals surface area contributed by atoms with Gasteiger partial charge in [-0.2, -0.15) is 0 Å². The minimum atomic E-state index is -0.242. The maximum Gasteiger partial charge on any atom is 0.248 e. The van der Waals surface area contributed by atoms with Crippen LogP contribution in [0.25, 0.3) is 11.5 Å². The Kier molecular flexibility index (Phi) is 3.10. The van der Waals surface area contributed by atoms with Crippen molar-refractivity contribution in [1.82, 2.24) is 10.2 Å². The van der Waals surface area contributed by atoms with E-state index in [1.165, 1.54) is 0 Å². The summed E-state index contributed by atoms with van der Waals surface area (Å²) in [6, 6.07) is 4.94. The van der Waals surface area contributed by atoms with Gasteiger partial charge in [-0.3, -0.25) is 0 Å². The van der Waals surface area contributed by atoms with Crippen LogP contribution in [0.1, 0.15) is 30.8 Å². The maximum atomic E-state index is 9.61. The molecule has 0 saturated heterocycles. The van der Waals surface area contributed by atoms with Gasteiger partial charge in [0.05, 0.1) is 6.04 Å². The minimum absolute atomic E-state index is 0.210. The van der Waals surface area contributed by atoms with Crippen LogP contribution in [0, 0.1) is 6.92 Å². The normalized spacial score (nSPS) is 12.6. The summed E-state index contributed by atoms with van der Waals surface area (Å²) in [7, 11) is 0. The van der Waals surface area contributed by atoms with Crippen LogP contribution in [0.2, 0.25) is 0 Å². The number of aromatic nitrogens is 2. The number of phenols is 1. The average molecular weight is 233 g/mol.